The first-order valence-electron chi connectivity index (χ1n) is 9.42. The summed E-state index contributed by atoms with van der Waals surface area (Å²) in [5, 5.41) is 0.593. The largest absolute Gasteiger partial charge is 0.249 e. The van der Waals surface area contributed by atoms with Crippen LogP contribution in [0.4, 0.5) is 8.78 Å². The minimum atomic E-state index is -1.43. The molecule has 4 aromatic rings. The summed E-state index contributed by atoms with van der Waals surface area (Å²) in [4.78, 5) is 2.61. The van der Waals surface area contributed by atoms with Gasteiger partial charge in [0.25, 0.3) is 0 Å². The highest BCUT2D eigenvalue weighted by Gasteiger charge is 2.17. The molecule has 1 nitrogen and oxygen atoms in total. The third-order valence-electron chi connectivity index (χ3n) is 4.66. The second-order valence-electron chi connectivity index (χ2n) is 6.88. The van der Waals surface area contributed by atoms with E-state index in [1.807, 2.05) is 55.5 Å². The number of rotatable bonds is 5. The van der Waals surface area contributed by atoms with Gasteiger partial charge in [-0.2, -0.15) is 0 Å². The molecule has 0 saturated carbocycles. The first-order chi connectivity index (χ1) is 14.9. The first-order valence-corrected chi connectivity index (χ1v) is 11.8. The summed E-state index contributed by atoms with van der Waals surface area (Å²) in [6, 6.07) is 23.8. The molecule has 1 atom stereocenters. The Bertz CT molecular complexity index is 1270. The molecule has 6 heteroatoms. The molecule has 4 rings (SSSR count). The predicted octanol–water partition coefficient (Wildman–Crippen LogP) is 7.91. The smallest absolute Gasteiger partial charge is 0.127 e. The maximum Gasteiger partial charge on any atom is 0.127 e. The van der Waals surface area contributed by atoms with Crippen LogP contribution in [0.25, 0.3) is 11.1 Å². The Kier molecular flexibility index (Phi) is 6.56. The van der Waals surface area contributed by atoms with Gasteiger partial charge in [-0.05, 0) is 66.1 Å². The van der Waals surface area contributed by atoms with Gasteiger partial charge in [0.15, 0.2) is 0 Å². The van der Waals surface area contributed by atoms with Crippen LogP contribution < -0.4 is 0 Å². The molecule has 0 heterocycles. The van der Waals surface area contributed by atoms with E-state index in [0.29, 0.717) is 19.7 Å². The van der Waals surface area contributed by atoms with Crippen molar-refractivity contribution in [1.82, 2.24) is 0 Å². The van der Waals surface area contributed by atoms with Crippen molar-refractivity contribution in [2.75, 3.05) is 0 Å². The van der Waals surface area contributed by atoms with E-state index >= 15 is 0 Å². The van der Waals surface area contributed by atoms with Crippen LogP contribution in [0.2, 0.25) is 5.02 Å². The molecular formula is C25H17ClF2OS2. The van der Waals surface area contributed by atoms with Gasteiger partial charge in [0.1, 0.15) is 11.6 Å². The number of hydrogen-bond acceptors (Lipinski definition) is 2. The Morgan fingerprint density at radius 2 is 1.42 bits per heavy atom. The van der Waals surface area contributed by atoms with E-state index in [4.69, 9.17) is 11.6 Å². The van der Waals surface area contributed by atoms with Crippen molar-refractivity contribution in [3.8, 4) is 11.1 Å². The summed E-state index contributed by atoms with van der Waals surface area (Å²) in [5.41, 5.74) is 2.49. The van der Waals surface area contributed by atoms with Crippen LogP contribution in [0.3, 0.4) is 0 Å². The summed E-state index contributed by atoms with van der Waals surface area (Å²) >= 11 is 7.32. The summed E-state index contributed by atoms with van der Waals surface area (Å²) in [7, 11) is -1.43. The van der Waals surface area contributed by atoms with Gasteiger partial charge in [-0.25, -0.2) is 13.0 Å². The molecule has 1 unspecified atom stereocenters. The second-order valence-corrected chi connectivity index (χ2v) is 9.85. The highest BCUT2D eigenvalue weighted by Crippen LogP contribution is 2.39. The van der Waals surface area contributed by atoms with Gasteiger partial charge in [0.2, 0.25) is 0 Å². The second kappa shape index (κ2) is 9.35. The maximum atomic E-state index is 13.7. The molecule has 0 bridgehead atoms. The average molecular weight is 471 g/mol. The van der Waals surface area contributed by atoms with Gasteiger partial charge in [-0.3, -0.25) is 0 Å². The molecule has 0 aliphatic carbocycles. The van der Waals surface area contributed by atoms with Crippen molar-refractivity contribution in [3.63, 3.8) is 0 Å². The highest BCUT2D eigenvalue weighted by atomic mass is 35.5. The Morgan fingerprint density at radius 1 is 0.774 bits per heavy atom. The van der Waals surface area contributed by atoms with Gasteiger partial charge < -0.3 is 0 Å². The third kappa shape index (κ3) is 4.90. The van der Waals surface area contributed by atoms with E-state index in [-0.39, 0.29) is 0 Å². The van der Waals surface area contributed by atoms with Crippen molar-refractivity contribution >= 4 is 34.2 Å². The molecule has 0 amide bonds. The molecule has 156 valence electrons. The van der Waals surface area contributed by atoms with Crippen LogP contribution in [-0.4, -0.2) is 4.21 Å². The number of halogens is 3. The zero-order valence-electron chi connectivity index (χ0n) is 16.4. The van der Waals surface area contributed by atoms with Crippen molar-refractivity contribution in [1.29, 1.82) is 0 Å². The van der Waals surface area contributed by atoms with Crippen LogP contribution in [0.5, 0.6) is 0 Å². The Hall–Kier alpha value is -2.47. The zero-order chi connectivity index (χ0) is 22.0. The Balaban J connectivity index is 1.79. The molecule has 0 aliphatic heterocycles. The lowest BCUT2D eigenvalue weighted by atomic mass is 10.1. The molecule has 0 spiro atoms. The lowest BCUT2D eigenvalue weighted by Gasteiger charge is -2.14. The minimum Gasteiger partial charge on any atom is -0.249 e. The summed E-state index contributed by atoms with van der Waals surface area (Å²) in [6.07, 6.45) is 0. The molecule has 31 heavy (non-hydrogen) atoms. The van der Waals surface area contributed by atoms with Gasteiger partial charge in [-0.1, -0.05) is 59.8 Å². The fourth-order valence-electron chi connectivity index (χ4n) is 3.28. The van der Waals surface area contributed by atoms with E-state index in [9.17, 15) is 13.0 Å². The SMILES string of the molecule is Cc1cc(Cl)ccc1S(=O)c1ccccc1-c1ccccc1Sc1cc(F)cc(F)c1. The lowest BCUT2D eigenvalue weighted by molar-refractivity contribution is 0.577. The highest BCUT2D eigenvalue weighted by molar-refractivity contribution is 7.99. The molecule has 0 N–H and O–H groups in total. The fourth-order valence-corrected chi connectivity index (χ4v) is 5.90. The summed E-state index contributed by atoms with van der Waals surface area (Å²) < 4.78 is 40.8. The summed E-state index contributed by atoms with van der Waals surface area (Å²) in [5.74, 6) is -1.25. The topological polar surface area (TPSA) is 17.1 Å². The zero-order valence-corrected chi connectivity index (χ0v) is 18.8. The van der Waals surface area contributed by atoms with E-state index in [0.717, 1.165) is 27.7 Å². The molecule has 4 aromatic carbocycles. The van der Waals surface area contributed by atoms with Crippen LogP contribution in [-0.2, 0) is 10.8 Å². The van der Waals surface area contributed by atoms with E-state index in [2.05, 4.69) is 0 Å². The van der Waals surface area contributed by atoms with Gasteiger partial charge in [0, 0.05) is 25.8 Å². The van der Waals surface area contributed by atoms with Crippen molar-refractivity contribution < 1.29 is 13.0 Å². The van der Waals surface area contributed by atoms with E-state index in [1.165, 1.54) is 23.9 Å². The third-order valence-corrected chi connectivity index (χ3v) is 7.56. The molecular weight excluding hydrogens is 454 g/mol. The Labute approximate surface area is 191 Å². The molecule has 0 radical (unpaired) electrons. The minimum absolute atomic E-state index is 0.456. The van der Waals surface area contributed by atoms with Crippen LogP contribution >= 0.6 is 23.4 Å². The van der Waals surface area contributed by atoms with Gasteiger partial charge in [-0.15, -0.1) is 0 Å². The first kappa shape index (κ1) is 21.8. The number of aryl methyl sites for hydroxylation is 1. The van der Waals surface area contributed by atoms with Crippen molar-refractivity contribution in [2.45, 2.75) is 26.5 Å². The maximum absolute atomic E-state index is 13.7. The van der Waals surface area contributed by atoms with Gasteiger partial charge >= 0.3 is 0 Å². The molecule has 0 fully saturated rings. The van der Waals surface area contributed by atoms with Crippen LogP contribution in [0, 0.1) is 18.6 Å². The predicted molar refractivity (Wildman–Crippen MR) is 123 cm³/mol. The number of hydrogen-bond donors (Lipinski definition) is 0. The van der Waals surface area contributed by atoms with Crippen LogP contribution in [0.1, 0.15) is 5.56 Å². The van der Waals surface area contributed by atoms with Crippen molar-refractivity contribution in [2.24, 2.45) is 0 Å². The van der Waals surface area contributed by atoms with E-state index < -0.39 is 22.4 Å². The lowest BCUT2D eigenvalue weighted by Crippen LogP contribution is -1.99. The molecule has 0 saturated heterocycles. The fraction of sp³-hybridized carbons (Fsp3) is 0.0400. The van der Waals surface area contributed by atoms with Crippen LogP contribution in [0.15, 0.2) is 105 Å². The molecule has 0 aromatic heterocycles. The average Bonchev–Trinajstić information content (AvgIpc) is 2.73. The monoisotopic (exact) mass is 470 g/mol. The molecule has 0 aliphatic rings. The van der Waals surface area contributed by atoms with E-state index in [1.54, 1.807) is 18.2 Å². The normalized spacial score (nSPS) is 12.0. The standard InChI is InChI=1S/C25H17ClF2OS2/c1-16-12-17(26)10-11-24(16)31(29)25-9-5-3-7-22(25)21-6-2-4-8-23(21)30-20-14-18(27)13-19(28)15-20/h2-15H,1H3. The van der Waals surface area contributed by atoms with Crippen molar-refractivity contribution in [3.05, 3.63) is 107 Å². The number of benzene rings is 4. The van der Waals surface area contributed by atoms with Gasteiger partial charge in [0.05, 0.1) is 15.7 Å². The Morgan fingerprint density at radius 3 is 2.13 bits per heavy atom. The summed E-state index contributed by atoms with van der Waals surface area (Å²) in [6.45, 7) is 1.88. The quantitative estimate of drug-likeness (QED) is 0.294.